The fraction of sp³-hybridized carbons (Fsp3) is 0.587. The summed E-state index contributed by atoms with van der Waals surface area (Å²) in [6.45, 7) is 11.7. The molecule has 8 atom stereocenters. The van der Waals surface area contributed by atoms with Gasteiger partial charge >= 0.3 is 0 Å². The number of nitrogens with two attached hydrogens (primary N) is 3. The van der Waals surface area contributed by atoms with Crippen molar-refractivity contribution in [3.05, 3.63) is 42.1 Å². The molecule has 2 fully saturated rings. The van der Waals surface area contributed by atoms with E-state index < -0.39 is 151 Å². The van der Waals surface area contributed by atoms with E-state index in [2.05, 4.69) is 49.1 Å². The van der Waals surface area contributed by atoms with Crippen LogP contribution in [0.5, 0.6) is 5.75 Å². The van der Waals surface area contributed by atoms with Crippen molar-refractivity contribution < 1.29 is 57.8 Å². The number of primary amides is 3. The highest BCUT2D eigenvalue weighted by Crippen LogP contribution is 2.24. The summed E-state index contributed by atoms with van der Waals surface area (Å²) in [5.41, 5.74) is 15.4. The molecule has 2 aliphatic rings. The first-order chi connectivity index (χ1) is 32.8. The molecule has 386 valence electrons. The first-order valence-corrected chi connectivity index (χ1v) is 23.3. The van der Waals surface area contributed by atoms with Gasteiger partial charge in [0.2, 0.25) is 65.0 Å². The second kappa shape index (κ2) is 26.5. The predicted octanol–water partition coefficient (Wildman–Crippen LogP) is -3.04. The van der Waals surface area contributed by atoms with E-state index in [0.29, 0.717) is 18.4 Å². The van der Waals surface area contributed by atoms with E-state index in [1.54, 1.807) is 26.0 Å². The van der Waals surface area contributed by atoms with Crippen LogP contribution in [0.4, 0.5) is 0 Å². The highest BCUT2D eigenvalue weighted by molar-refractivity contribution is 5.99. The van der Waals surface area contributed by atoms with Crippen LogP contribution in [0.2, 0.25) is 0 Å². The maximum absolute atomic E-state index is 14.6. The number of amides is 11. The van der Waals surface area contributed by atoms with Gasteiger partial charge in [0.1, 0.15) is 41.5 Å². The third kappa shape index (κ3) is 17.7. The number of hydrogen-bond donors (Lipinski definition) is 12. The van der Waals surface area contributed by atoms with E-state index in [1.807, 2.05) is 13.8 Å². The number of nitrogens with zero attached hydrogens (tertiary/aromatic N) is 1. The predicted molar refractivity (Wildman–Crippen MR) is 252 cm³/mol. The number of likely N-dealkylation sites (tertiary alicyclic amines) is 1. The molecule has 70 heavy (non-hydrogen) atoms. The molecule has 15 N–H and O–H groups in total. The number of nitrogens with one attached hydrogen (secondary N) is 8. The average molecular weight is 983 g/mol. The molecule has 24 nitrogen and oxygen atoms in total. The summed E-state index contributed by atoms with van der Waals surface area (Å²) in [5, 5.41) is 30.9. The van der Waals surface area contributed by atoms with Gasteiger partial charge in [0.15, 0.2) is 0 Å². The van der Waals surface area contributed by atoms with Gasteiger partial charge in [-0.25, -0.2) is 0 Å². The van der Waals surface area contributed by atoms with Gasteiger partial charge in [-0.1, -0.05) is 52.8 Å². The first-order valence-electron chi connectivity index (χ1n) is 23.3. The Morgan fingerprint density at radius 1 is 0.829 bits per heavy atom. The van der Waals surface area contributed by atoms with Crippen LogP contribution in [0.15, 0.2) is 36.5 Å². The van der Waals surface area contributed by atoms with Crippen molar-refractivity contribution in [3.8, 4) is 5.75 Å². The van der Waals surface area contributed by atoms with Gasteiger partial charge in [0, 0.05) is 25.1 Å². The quantitative estimate of drug-likeness (QED) is 0.0740. The van der Waals surface area contributed by atoms with E-state index in [4.69, 9.17) is 17.2 Å². The van der Waals surface area contributed by atoms with Gasteiger partial charge in [0.25, 0.3) is 0 Å². The van der Waals surface area contributed by atoms with Crippen molar-refractivity contribution in [3.63, 3.8) is 0 Å². The number of rotatable bonds is 17. The highest BCUT2D eigenvalue weighted by atomic mass is 16.3. The van der Waals surface area contributed by atoms with Crippen molar-refractivity contribution >= 4 is 65.0 Å². The third-order valence-electron chi connectivity index (χ3n) is 12.0. The Morgan fingerprint density at radius 2 is 1.47 bits per heavy atom. The summed E-state index contributed by atoms with van der Waals surface area (Å²) < 4.78 is 0. The maximum Gasteiger partial charge on any atom is 0.245 e. The lowest BCUT2D eigenvalue weighted by molar-refractivity contribution is -0.144. The molecule has 2 heterocycles. The zero-order valence-electron chi connectivity index (χ0n) is 40.4. The molecule has 24 heteroatoms. The number of carbonyl (C=O) groups excluding carboxylic acids is 11. The van der Waals surface area contributed by atoms with Crippen LogP contribution in [0.1, 0.15) is 98.0 Å². The molecule has 2 aliphatic heterocycles. The summed E-state index contributed by atoms with van der Waals surface area (Å²) in [6, 6.07) is -2.02. The summed E-state index contributed by atoms with van der Waals surface area (Å²) in [6.07, 6.45) is -1.40. The van der Waals surface area contributed by atoms with Crippen LogP contribution in [0.25, 0.3) is 0 Å². The number of benzene rings is 1. The molecule has 1 aromatic rings. The van der Waals surface area contributed by atoms with Crippen LogP contribution in [-0.4, -0.2) is 136 Å². The molecule has 1 aromatic carbocycles. The fourth-order valence-electron chi connectivity index (χ4n) is 8.19. The molecule has 1 unspecified atom stereocenters. The Kier molecular flexibility index (Phi) is 21.6. The van der Waals surface area contributed by atoms with Crippen LogP contribution < -0.4 is 59.7 Å². The Labute approximate surface area is 406 Å². The Morgan fingerprint density at radius 3 is 2.07 bits per heavy atom. The van der Waals surface area contributed by atoms with Crippen molar-refractivity contribution in [1.29, 1.82) is 0 Å². The molecule has 0 aliphatic carbocycles. The van der Waals surface area contributed by atoms with Crippen LogP contribution in [0, 0.1) is 11.8 Å². The lowest BCUT2D eigenvalue weighted by Gasteiger charge is -2.35. The monoisotopic (exact) mass is 983 g/mol. The zero-order chi connectivity index (χ0) is 52.5. The summed E-state index contributed by atoms with van der Waals surface area (Å²) in [4.78, 5) is 148. The highest BCUT2D eigenvalue weighted by Gasteiger charge is 2.43. The SMILES string of the molecule is C=C1N[C@@H]([C@@H](C)CC)C(=O)N[C@@H](CCC(N)=O)C(=O)N[C@@H](CC(N)=O)C(=O)N[C@H](C(=O)N2CCCC2C(=O)N[C@@](C)(CC(C)C)C(=O)NCC(N)=O)CCC(=O)NCC(=O)N[C@H]1Cc1ccc(O)cc1. The minimum Gasteiger partial charge on any atom is -0.508 e. The topological polar surface area (TPSA) is 386 Å². The van der Waals surface area contributed by atoms with E-state index in [9.17, 15) is 57.8 Å². The van der Waals surface area contributed by atoms with Crippen molar-refractivity contribution in [2.75, 3.05) is 19.6 Å². The largest absolute Gasteiger partial charge is 0.508 e. The Hall–Kier alpha value is -7.27. The van der Waals surface area contributed by atoms with Gasteiger partial charge < -0.3 is 69.7 Å². The lowest BCUT2D eigenvalue weighted by atomic mass is 9.89. The molecular formula is C46H70N12O12. The minimum atomic E-state index is -1.78. The second-order valence-electron chi connectivity index (χ2n) is 18.5. The van der Waals surface area contributed by atoms with Crippen molar-refractivity contribution in [2.24, 2.45) is 29.0 Å². The molecule has 0 radical (unpaired) electrons. The van der Waals surface area contributed by atoms with E-state index in [-0.39, 0.29) is 49.6 Å². The smallest absolute Gasteiger partial charge is 0.245 e. The average Bonchev–Trinajstić information content (AvgIpc) is 3.78. The third-order valence-corrected chi connectivity index (χ3v) is 12.0. The molecule has 2 saturated heterocycles. The molecule has 0 bridgehead atoms. The van der Waals surface area contributed by atoms with Crippen molar-refractivity contribution in [1.82, 2.24) is 47.4 Å². The molecule has 0 saturated carbocycles. The van der Waals surface area contributed by atoms with Gasteiger partial charge in [-0.2, -0.15) is 0 Å². The van der Waals surface area contributed by atoms with E-state index in [1.165, 1.54) is 24.0 Å². The van der Waals surface area contributed by atoms with E-state index >= 15 is 0 Å². The fourth-order valence-corrected chi connectivity index (χ4v) is 8.19. The van der Waals surface area contributed by atoms with Crippen molar-refractivity contribution in [2.45, 2.75) is 141 Å². The standard InChI is InChI=1S/C46H70N12O12/c1-7-25(4)39-43(68)54-29(14-16-34(47)60)40(65)56-32(20-35(48)61)41(66)55-30(15-17-37(63)50-23-38(64)53-31(26(5)52-39)19-27-10-12-28(59)13-11-27)44(69)58-18-8-9-33(58)42(67)57-46(6,21-24(2)3)45(70)51-22-36(49)62/h10-13,24-25,29-33,39,52,59H,5,7-9,14-23H2,1-4,6H3,(H2,47,60)(H2,48,61)(H2,49,62)(H,50,63)(H,51,70)(H,53,64)(H,54,68)(H,55,66)(H,56,65)(H,57,67)/t25-,29-,30-,31-,32-,33?,39-,46-/m0/s1. The maximum atomic E-state index is 14.6. The van der Waals surface area contributed by atoms with Crippen LogP contribution in [0.3, 0.4) is 0 Å². The molecule has 3 rings (SSSR count). The van der Waals surface area contributed by atoms with Crippen LogP contribution in [-0.2, 0) is 59.2 Å². The normalized spacial score (nSPS) is 23.4. The summed E-state index contributed by atoms with van der Waals surface area (Å²) in [5.74, 6) is -9.89. The molecule has 0 spiro atoms. The van der Waals surface area contributed by atoms with Gasteiger partial charge in [-0.15, -0.1) is 0 Å². The number of phenols is 1. The Bertz CT molecular complexity index is 2140. The van der Waals surface area contributed by atoms with E-state index in [0.717, 1.165) is 0 Å². The first kappa shape index (κ1) is 57.1. The molecule has 11 amide bonds. The van der Waals surface area contributed by atoms with Gasteiger partial charge in [-0.3, -0.25) is 52.7 Å². The van der Waals surface area contributed by atoms with Gasteiger partial charge in [-0.05, 0) is 75.0 Å². The number of hydrogen-bond acceptors (Lipinski definition) is 13. The molecular weight excluding hydrogens is 913 g/mol. The number of carbonyl (C=O) groups is 11. The zero-order valence-corrected chi connectivity index (χ0v) is 40.4. The minimum absolute atomic E-state index is 0.00375. The number of phenolic OH excluding ortho intramolecular Hbond substituents is 1. The van der Waals surface area contributed by atoms with Gasteiger partial charge in [0.05, 0.1) is 25.6 Å². The lowest BCUT2D eigenvalue weighted by Crippen LogP contribution is -2.62. The number of aromatic hydroxyl groups is 1. The second-order valence-corrected chi connectivity index (χ2v) is 18.5. The molecule has 0 aromatic heterocycles. The summed E-state index contributed by atoms with van der Waals surface area (Å²) >= 11 is 0. The summed E-state index contributed by atoms with van der Waals surface area (Å²) in [7, 11) is 0. The Balaban J connectivity index is 2.07. The van der Waals surface area contributed by atoms with Crippen LogP contribution >= 0.6 is 0 Å².